The van der Waals surface area contributed by atoms with Crippen molar-refractivity contribution in [1.82, 2.24) is 39.9 Å². The van der Waals surface area contributed by atoms with Gasteiger partial charge in [-0.1, -0.05) is 120 Å². The Balaban J connectivity index is 0.000000105. The number of carbonyl (C=O) groups is 4. The highest BCUT2D eigenvalue weighted by atomic mass is 16.3. The molecular weight excluding hydrogens is 1690 g/mol. The second kappa shape index (κ2) is 37.8. The van der Waals surface area contributed by atoms with E-state index in [9.17, 15) is 39.6 Å². The highest BCUT2D eigenvalue weighted by molar-refractivity contribution is 5.93. The summed E-state index contributed by atoms with van der Waals surface area (Å²) in [4.78, 5) is 92.2. The van der Waals surface area contributed by atoms with Gasteiger partial charge < -0.3 is 41.7 Å². The van der Waals surface area contributed by atoms with Crippen LogP contribution in [-0.4, -0.2) is 83.9 Å². The van der Waals surface area contributed by atoms with Crippen molar-refractivity contribution in [1.29, 1.82) is 0 Å². The van der Waals surface area contributed by atoms with Crippen molar-refractivity contribution >= 4 is 46.9 Å². The number of fused-ring (bicyclic) bond motifs is 12. The first-order valence-corrected chi connectivity index (χ1v) is 53.6. The van der Waals surface area contributed by atoms with Crippen molar-refractivity contribution in [3.63, 3.8) is 0 Å². The highest BCUT2D eigenvalue weighted by Crippen LogP contribution is 2.66. The Morgan fingerprint density at radius 2 is 0.610 bits per heavy atom. The third kappa shape index (κ3) is 19.1. The molecule has 17 fully saturated rings. The second-order valence-electron chi connectivity index (χ2n) is 48.1. The minimum atomic E-state index is -0.0789. The van der Waals surface area contributed by atoms with Crippen LogP contribution in [0.15, 0.2) is 72.8 Å². The number of aryl methyl sites for hydroxylation is 8. The fraction of sp³-hybridized carbons (Fsp3) is 0.621. The van der Waals surface area contributed by atoms with Crippen molar-refractivity contribution in [3.8, 4) is 45.0 Å². The smallest absolute Gasteiger partial charge is 0.228 e. The van der Waals surface area contributed by atoms with Crippen LogP contribution in [-0.2, 0) is 123 Å². The standard InChI is InChI=1S/C32H41N3O2.2C29H37N3O2.C26H31N3O2/c36-19-21-6-8-26-25(13-21)7-9-27-30(26)33-28(18-32-15-22-10-23(16-32)12-24(11-22)17-32)31(34-27)35-29(37)14-20-4-2-1-3-5-20;1-17(2)7-26(34)32-28-25(15-29-12-19-8-20(13-29)10-21(9-19)14-29)30-27-23-5-3-18(16-33)11-22(23)4-6-24(27)31-28;1-3-17(2)28(34)32-27-25(15-29-12-19-8-20(13-29)10-21(9-19)14-29)30-26-23-6-4-18(16-33)11-22(23)5-7-24(26)31-27;1-15(31)27-25-23(13-26-10-17-6-18(11-26)8-19(7-17)12-26)28-24-21-4-2-16(14-30)9-20(21)3-5-22(24)29-25/h6,8,13,20,22-24,36H,1-5,7,9-12,14-19H2,(H,34,35,37);3,5,11,17,19-21,33H,4,6-10,12-16H2,1-2H3,(H,31,32,34);4,6,11,17,19-21,33H,3,5,7-10,12-16H2,1-2H3,(H,31,32,34);2,4,9,17-19,30H,3,5-8,10-14H2,1H3,(H,27,29,31). The molecule has 0 aliphatic heterocycles. The Morgan fingerprint density at radius 3 is 0.868 bits per heavy atom. The van der Waals surface area contributed by atoms with Gasteiger partial charge in [0.05, 0.1) is 94.8 Å². The van der Waals surface area contributed by atoms with E-state index in [2.05, 4.69) is 90.6 Å². The topological polar surface area (TPSA) is 300 Å². The van der Waals surface area contributed by atoms with E-state index in [1.54, 1.807) is 6.92 Å². The first-order chi connectivity index (χ1) is 65.9. The summed E-state index contributed by atoms with van der Waals surface area (Å²) in [6, 6.07) is 24.8. The predicted molar refractivity (Wildman–Crippen MR) is 531 cm³/mol. The maximum atomic E-state index is 13.2. The first-order valence-electron chi connectivity index (χ1n) is 53.6. The second-order valence-corrected chi connectivity index (χ2v) is 48.1. The van der Waals surface area contributed by atoms with Crippen LogP contribution in [0.5, 0.6) is 0 Å². The number of aliphatic hydroxyl groups is 4. The molecule has 29 rings (SSSR count). The number of carbonyl (C=O) groups excluding carboxylic acids is 4. The zero-order valence-corrected chi connectivity index (χ0v) is 81.5. The molecule has 20 nitrogen and oxygen atoms in total. The molecule has 17 saturated carbocycles. The largest absolute Gasteiger partial charge is 0.392 e. The van der Waals surface area contributed by atoms with Gasteiger partial charge in [-0.2, -0.15) is 0 Å². The Bertz CT molecular complexity index is 5790. The average molecular weight is 1840 g/mol. The van der Waals surface area contributed by atoms with Gasteiger partial charge in [-0.25, -0.2) is 39.9 Å². The summed E-state index contributed by atoms with van der Waals surface area (Å²) in [5.41, 5.74) is 26.5. The number of nitrogens with one attached hydrogen (secondary N) is 4. The van der Waals surface area contributed by atoms with Crippen LogP contribution < -0.4 is 21.3 Å². The van der Waals surface area contributed by atoms with Crippen molar-refractivity contribution in [3.05, 3.63) is 163 Å². The molecule has 20 heteroatoms. The summed E-state index contributed by atoms with van der Waals surface area (Å²) in [7, 11) is 0. The third-order valence-electron chi connectivity index (χ3n) is 36.8. The van der Waals surface area contributed by atoms with Crippen LogP contribution in [0.1, 0.15) is 330 Å². The SMILES string of the molecule is CC(=O)Nc1nc2c(nc1CC13CC4CC(CC(C4)C1)C3)-c1ccc(CO)cc1CC2.CC(C)CC(=O)Nc1nc2c(nc1CC13CC4CC(CC(C4)C1)C3)-c1ccc(CO)cc1CC2.CCC(C)C(=O)Nc1nc2c(nc1CC13CC4CC(CC(C4)C1)C3)-c1ccc(CO)cc1CC2.O=C(CC1CCCCC1)Nc1nc2c(nc1CC13CC4CC(CC(C4)C1)C3)-c1ccc(CO)cc1CC2. The van der Waals surface area contributed by atoms with E-state index in [4.69, 9.17) is 39.9 Å². The van der Waals surface area contributed by atoms with E-state index in [1.165, 1.54) is 208 Å². The van der Waals surface area contributed by atoms with E-state index in [0.717, 1.165) is 273 Å². The van der Waals surface area contributed by atoms with Crippen LogP contribution in [0.4, 0.5) is 23.3 Å². The van der Waals surface area contributed by atoms with E-state index in [1.807, 2.05) is 31.2 Å². The summed E-state index contributed by atoms with van der Waals surface area (Å²) < 4.78 is 0. The number of aromatic nitrogens is 8. The van der Waals surface area contributed by atoms with Gasteiger partial charge in [0, 0.05) is 47.9 Å². The molecule has 21 aliphatic rings. The molecule has 4 aromatic heterocycles. The van der Waals surface area contributed by atoms with Gasteiger partial charge >= 0.3 is 0 Å². The zero-order chi connectivity index (χ0) is 93.0. The molecule has 0 saturated heterocycles. The molecule has 8 aromatic rings. The number of anilines is 4. The molecule has 136 heavy (non-hydrogen) atoms. The van der Waals surface area contributed by atoms with Crippen LogP contribution in [0.2, 0.25) is 0 Å². The molecule has 4 heterocycles. The lowest BCUT2D eigenvalue weighted by Gasteiger charge is -2.57. The molecular formula is C116H146N12O8. The quantitative estimate of drug-likeness (QED) is 0.0313. The molecule has 718 valence electrons. The fourth-order valence-electron chi connectivity index (χ4n) is 32.6. The van der Waals surface area contributed by atoms with Crippen LogP contribution >= 0.6 is 0 Å². The minimum Gasteiger partial charge on any atom is -0.392 e. The summed E-state index contributed by atoms with van der Waals surface area (Å²) in [6.45, 7) is 9.98. The highest BCUT2D eigenvalue weighted by Gasteiger charge is 2.56. The Hall–Kier alpha value is -9.08. The summed E-state index contributed by atoms with van der Waals surface area (Å²) >= 11 is 0. The van der Waals surface area contributed by atoms with Crippen molar-refractivity contribution in [2.75, 3.05) is 21.3 Å². The first kappa shape index (κ1) is 92.0. The number of nitrogens with zero attached hydrogens (tertiary/aromatic N) is 8. The molecule has 1 atom stereocenters. The van der Waals surface area contributed by atoms with E-state index < -0.39 is 0 Å². The van der Waals surface area contributed by atoms with E-state index in [-0.39, 0.29) is 56.0 Å². The molecule has 16 bridgehead atoms. The number of hydrogen-bond donors (Lipinski definition) is 8. The Labute approximate surface area is 804 Å². The molecule has 21 aliphatic carbocycles. The van der Waals surface area contributed by atoms with Crippen molar-refractivity contribution in [2.45, 2.75) is 344 Å². The Kier molecular flexibility index (Phi) is 25.6. The van der Waals surface area contributed by atoms with Crippen LogP contribution in [0.25, 0.3) is 45.0 Å². The van der Waals surface area contributed by atoms with Crippen molar-refractivity contribution < 1.29 is 39.6 Å². The molecule has 1 unspecified atom stereocenters. The summed E-state index contributed by atoms with van der Waals surface area (Å²) in [5.74, 6) is 14.4. The maximum absolute atomic E-state index is 13.2. The monoisotopic (exact) mass is 1840 g/mol. The van der Waals surface area contributed by atoms with Gasteiger partial charge in [-0.3, -0.25) is 19.2 Å². The van der Waals surface area contributed by atoms with Gasteiger partial charge in [-0.05, 0) is 399 Å². The summed E-state index contributed by atoms with van der Waals surface area (Å²) in [6.07, 6.45) is 51.6. The summed E-state index contributed by atoms with van der Waals surface area (Å²) in [5, 5.41) is 51.0. The van der Waals surface area contributed by atoms with Gasteiger partial charge in [0.1, 0.15) is 0 Å². The average Bonchev–Trinajstić information content (AvgIpc) is 0.748. The number of aliphatic hydroxyl groups excluding tert-OH is 4. The molecule has 0 radical (unpaired) electrons. The van der Waals surface area contributed by atoms with Gasteiger partial charge in [0.15, 0.2) is 23.3 Å². The number of hydrogen-bond acceptors (Lipinski definition) is 16. The predicted octanol–water partition coefficient (Wildman–Crippen LogP) is 21.8. The maximum Gasteiger partial charge on any atom is 0.228 e. The third-order valence-corrected chi connectivity index (χ3v) is 36.8. The van der Waals surface area contributed by atoms with Gasteiger partial charge in [-0.15, -0.1) is 0 Å². The fourth-order valence-corrected chi connectivity index (χ4v) is 32.6. The van der Waals surface area contributed by atoms with Gasteiger partial charge in [0.2, 0.25) is 23.6 Å². The lowest BCUT2D eigenvalue weighted by molar-refractivity contribution is -0.119. The van der Waals surface area contributed by atoms with Crippen LogP contribution in [0.3, 0.4) is 0 Å². The normalized spacial score (nSPS) is 29.6. The number of amides is 4. The minimum absolute atomic E-state index is 0.0390. The number of rotatable bonds is 22. The van der Waals surface area contributed by atoms with Crippen LogP contribution in [0, 0.1) is 110 Å². The lowest BCUT2D eigenvalue weighted by Crippen LogP contribution is -2.47. The van der Waals surface area contributed by atoms with E-state index >= 15 is 0 Å². The van der Waals surface area contributed by atoms with E-state index in [0.29, 0.717) is 63.8 Å². The Morgan fingerprint density at radius 1 is 0.346 bits per heavy atom. The van der Waals surface area contributed by atoms with Gasteiger partial charge in [0.25, 0.3) is 0 Å². The molecule has 4 amide bonds. The molecule has 4 aromatic carbocycles. The van der Waals surface area contributed by atoms with Crippen molar-refractivity contribution in [2.24, 2.45) is 110 Å². The lowest BCUT2D eigenvalue weighted by atomic mass is 9.48. The zero-order valence-electron chi connectivity index (χ0n) is 81.5. The number of benzene rings is 4. The molecule has 8 N–H and O–H groups in total. The molecule has 0 spiro atoms.